The molecule has 2 N–H and O–H groups in total. The summed E-state index contributed by atoms with van der Waals surface area (Å²) in [7, 11) is 1.80. The second-order valence-electron chi connectivity index (χ2n) is 8.34. The van der Waals surface area contributed by atoms with Crippen LogP contribution in [0.4, 0.5) is 0 Å². The number of fused-ring (bicyclic) bond motifs is 1. The van der Waals surface area contributed by atoms with E-state index in [1.807, 2.05) is 35.9 Å². The van der Waals surface area contributed by atoms with Crippen molar-refractivity contribution in [1.29, 1.82) is 5.41 Å². The largest absolute Gasteiger partial charge is 0.393 e. The van der Waals surface area contributed by atoms with Crippen LogP contribution < -0.4 is 10.9 Å². The molecule has 1 aliphatic rings. The Labute approximate surface area is 182 Å². The van der Waals surface area contributed by atoms with Gasteiger partial charge in [-0.25, -0.2) is 4.98 Å². The summed E-state index contributed by atoms with van der Waals surface area (Å²) in [6, 6.07) is 6.27. The highest BCUT2D eigenvalue weighted by Gasteiger charge is 2.20. The van der Waals surface area contributed by atoms with Gasteiger partial charge in [0.15, 0.2) is 0 Å². The molecule has 6 heteroatoms. The summed E-state index contributed by atoms with van der Waals surface area (Å²) >= 11 is 0. The lowest BCUT2D eigenvalue weighted by Gasteiger charge is -2.16. The van der Waals surface area contributed by atoms with E-state index in [2.05, 4.69) is 22.2 Å². The Bertz CT molecular complexity index is 1200. The number of pyridine rings is 1. The SMILES string of the molecule is CN/C=C(\C=N)c1ccc(Cc2cc3c(=O)n(C4CCCC4)cnc3c(C)c2C)cn1. The van der Waals surface area contributed by atoms with Gasteiger partial charge in [0, 0.05) is 37.3 Å². The molecular formula is C25H29N5O. The molecule has 4 rings (SSSR count). The number of hydrogen-bond acceptors (Lipinski definition) is 5. The lowest BCUT2D eigenvalue weighted by Crippen LogP contribution is -2.24. The topological polar surface area (TPSA) is 83.7 Å². The maximum absolute atomic E-state index is 13.3. The molecule has 3 aromatic rings. The molecule has 0 unspecified atom stereocenters. The Balaban J connectivity index is 1.71. The average Bonchev–Trinajstić information content (AvgIpc) is 3.31. The van der Waals surface area contributed by atoms with Gasteiger partial charge in [0.05, 0.1) is 22.9 Å². The summed E-state index contributed by atoms with van der Waals surface area (Å²) in [5, 5.41) is 11.2. The number of allylic oxidation sites excluding steroid dienone is 1. The van der Waals surface area contributed by atoms with Crippen molar-refractivity contribution in [2.45, 2.75) is 52.0 Å². The van der Waals surface area contributed by atoms with Gasteiger partial charge in [0.1, 0.15) is 0 Å². The fourth-order valence-electron chi connectivity index (χ4n) is 4.50. The van der Waals surface area contributed by atoms with Crippen molar-refractivity contribution in [3.63, 3.8) is 0 Å². The summed E-state index contributed by atoms with van der Waals surface area (Å²) in [5.41, 5.74) is 6.78. The van der Waals surface area contributed by atoms with Gasteiger partial charge < -0.3 is 10.7 Å². The number of aromatic nitrogens is 3. The zero-order valence-electron chi connectivity index (χ0n) is 18.4. The summed E-state index contributed by atoms with van der Waals surface area (Å²) in [6.45, 7) is 4.15. The lowest BCUT2D eigenvalue weighted by molar-refractivity contribution is 0.499. The van der Waals surface area contributed by atoms with Crippen LogP contribution in [-0.2, 0) is 6.42 Å². The highest BCUT2D eigenvalue weighted by molar-refractivity contribution is 6.07. The molecule has 0 aliphatic heterocycles. The minimum atomic E-state index is 0.0718. The molecule has 1 saturated carbocycles. The minimum Gasteiger partial charge on any atom is -0.393 e. The molecule has 0 spiro atoms. The third-order valence-corrected chi connectivity index (χ3v) is 6.44. The lowest BCUT2D eigenvalue weighted by atomic mass is 9.95. The van der Waals surface area contributed by atoms with E-state index in [4.69, 9.17) is 5.41 Å². The summed E-state index contributed by atoms with van der Waals surface area (Å²) in [5.74, 6) is 0. The minimum absolute atomic E-state index is 0.0718. The molecule has 0 bridgehead atoms. The van der Waals surface area contributed by atoms with Gasteiger partial charge in [-0.15, -0.1) is 0 Å². The first-order valence-corrected chi connectivity index (χ1v) is 10.9. The molecule has 1 aromatic carbocycles. The molecular weight excluding hydrogens is 386 g/mol. The molecule has 1 aliphatic carbocycles. The molecule has 0 amide bonds. The van der Waals surface area contributed by atoms with E-state index < -0.39 is 0 Å². The summed E-state index contributed by atoms with van der Waals surface area (Å²) < 4.78 is 1.84. The van der Waals surface area contributed by atoms with Gasteiger partial charge in [-0.1, -0.05) is 18.9 Å². The Hall–Kier alpha value is -3.28. The van der Waals surface area contributed by atoms with Gasteiger partial charge in [-0.2, -0.15) is 0 Å². The second-order valence-corrected chi connectivity index (χ2v) is 8.34. The first-order valence-electron chi connectivity index (χ1n) is 10.9. The van der Waals surface area contributed by atoms with Crippen molar-refractivity contribution in [2.24, 2.45) is 0 Å². The van der Waals surface area contributed by atoms with Crippen LogP contribution >= 0.6 is 0 Å². The van der Waals surface area contributed by atoms with E-state index >= 15 is 0 Å². The van der Waals surface area contributed by atoms with Crippen molar-refractivity contribution in [1.82, 2.24) is 19.9 Å². The Morgan fingerprint density at radius 2 is 2.00 bits per heavy atom. The average molecular weight is 416 g/mol. The van der Waals surface area contributed by atoms with E-state index in [0.29, 0.717) is 11.8 Å². The zero-order valence-corrected chi connectivity index (χ0v) is 18.4. The first-order chi connectivity index (χ1) is 15.0. The third-order valence-electron chi connectivity index (χ3n) is 6.44. The maximum Gasteiger partial charge on any atom is 0.261 e. The maximum atomic E-state index is 13.3. The number of nitrogens with zero attached hydrogens (tertiary/aromatic N) is 3. The number of hydrogen-bond donors (Lipinski definition) is 2. The van der Waals surface area contributed by atoms with Gasteiger partial charge in [0.25, 0.3) is 5.56 Å². The van der Waals surface area contributed by atoms with Crippen LogP contribution in [-0.4, -0.2) is 27.8 Å². The molecule has 1 fully saturated rings. The van der Waals surface area contributed by atoms with Crippen molar-refractivity contribution in [3.05, 3.63) is 75.2 Å². The van der Waals surface area contributed by atoms with E-state index in [0.717, 1.165) is 51.9 Å². The van der Waals surface area contributed by atoms with Gasteiger partial charge >= 0.3 is 0 Å². The molecule has 6 nitrogen and oxygen atoms in total. The molecule has 2 aromatic heterocycles. The Morgan fingerprint density at radius 1 is 1.23 bits per heavy atom. The predicted molar refractivity (Wildman–Crippen MR) is 126 cm³/mol. The summed E-state index contributed by atoms with van der Waals surface area (Å²) in [6.07, 6.45) is 11.8. The molecule has 0 atom stereocenters. The van der Waals surface area contributed by atoms with Crippen LogP contribution in [0.1, 0.15) is 59.7 Å². The zero-order chi connectivity index (χ0) is 22.0. The van der Waals surface area contributed by atoms with Crippen LogP contribution in [0.5, 0.6) is 0 Å². The van der Waals surface area contributed by atoms with Crippen LogP contribution in [0.3, 0.4) is 0 Å². The molecule has 2 heterocycles. The standard InChI is InChI=1S/C25H29N5O/c1-16-17(2)24-22(25(31)30(15-29-24)21-6-4-5-7-21)11-19(16)10-18-8-9-23(28-13-18)20(12-26)14-27-3/h8-9,11-15,21,26-27H,4-7,10H2,1-3H3/b20-14+,26-12?. The van der Waals surface area contributed by atoms with Gasteiger partial charge in [-0.05, 0) is 67.5 Å². The molecule has 0 radical (unpaired) electrons. The van der Waals surface area contributed by atoms with Gasteiger partial charge in [-0.3, -0.25) is 14.3 Å². The van der Waals surface area contributed by atoms with Crippen LogP contribution in [0.25, 0.3) is 16.5 Å². The summed E-state index contributed by atoms with van der Waals surface area (Å²) in [4.78, 5) is 22.5. The second kappa shape index (κ2) is 8.84. The smallest absolute Gasteiger partial charge is 0.261 e. The fraction of sp³-hybridized carbons (Fsp3) is 0.360. The number of aryl methyl sites for hydroxylation is 1. The van der Waals surface area contributed by atoms with Crippen molar-refractivity contribution in [2.75, 3.05) is 7.05 Å². The predicted octanol–water partition coefficient (Wildman–Crippen LogP) is 4.32. The van der Waals surface area contributed by atoms with E-state index in [9.17, 15) is 4.79 Å². The monoisotopic (exact) mass is 415 g/mol. The number of rotatable bonds is 6. The molecule has 31 heavy (non-hydrogen) atoms. The highest BCUT2D eigenvalue weighted by atomic mass is 16.1. The normalized spacial score (nSPS) is 14.9. The van der Waals surface area contributed by atoms with E-state index in [1.165, 1.54) is 19.1 Å². The van der Waals surface area contributed by atoms with Gasteiger partial charge in [0.2, 0.25) is 0 Å². The Kier molecular flexibility index (Phi) is 5.98. The van der Waals surface area contributed by atoms with E-state index in [-0.39, 0.29) is 11.6 Å². The van der Waals surface area contributed by atoms with E-state index in [1.54, 1.807) is 19.6 Å². The number of nitrogens with one attached hydrogen (secondary N) is 2. The highest BCUT2D eigenvalue weighted by Crippen LogP contribution is 2.29. The first kappa shape index (κ1) is 21.0. The third kappa shape index (κ3) is 4.02. The van der Waals surface area contributed by atoms with Crippen LogP contribution in [0.15, 0.2) is 41.7 Å². The molecule has 160 valence electrons. The number of benzene rings is 1. The Morgan fingerprint density at radius 3 is 2.65 bits per heavy atom. The molecule has 0 saturated heterocycles. The fourth-order valence-corrected chi connectivity index (χ4v) is 4.50. The van der Waals surface area contributed by atoms with Crippen LogP contribution in [0.2, 0.25) is 0 Å². The van der Waals surface area contributed by atoms with Crippen molar-refractivity contribution < 1.29 is 0 Å². The quantitative estimate of drug-likeness (QED) is 0.587. The van der Waals surface area contributed by atoms with Crippen molar-refractivity contribution >= 4 is 22.7 Å². The van der Waals surface area contributed by atoms with Crippen LogP contribution in [0, 0.1) is 19.3 Å². The van der Waals surface area contributed by atoms with Crippen molar-refractivity contribution in [3.8, 4) is 0 Å².